The third kappa shape index (κ3) is 2.66. The number of hydrazine groups is 1. The van der Waals surface area contributed by atoms with Crippen LogP contribution in [0, 0.1) is 0 Å². The third-order valence-electron chi connectivity index (χ3n) is 3.76. The molecule has 2 aliphatic heterocycles. The summed E-state index contributed by atoms with van der Waals surface area (Å²) < 4.78 is 5.92. The molecular weight excluding hydrogens is 226 g/mol. The van der Waals surface area contributed by atoms with Gasteiger partial charge in [0.1, 0.15) is 11.9 Å². The molecule has 0 amide bonds. The van der Waals surface area contributed by atoms with Gasteiger partial charge in [-0.15, -0.1) is 0 Å². The van der Waals surface area contributed by atoms with Crippen molar-refractivity contribution in [1.29, 1.82) is 0 Å². The Hall–Kier alpha value is -1.10. The zero-order chi connectivity index (χ0) is 12.4. The summed E-state index contributed by atoms with van der Waals surface area (Å²) >= 11 is 0. The predicted molar refractivity (Wildman–Crippen MR) is 71.6 cm³/mol. The van der Waals surface area contributed by atoms with Crippen molar-refractivity contribution >= 4 is 0 Å². The maximum Gasteiger partial charge on any atom is 0.123 e. The summed E-state index contributed by atoms with van der Waals surface area (Å²) in [7, 11) is 2.17. The molecule has 1 unspecified atom stereocenters. The molecule has 1 saturated heterocycles. The van der Waals surface area contributed by atoms with Crippen molar-refractivity contribution in [3.8, 4) is 5.75 Å². The minimum atomic E-state index is 0.280. The Kier molecular flexibility index (Phi) is 3.50. The van der Waals surface area contributed by atoms with E-state index < -0.39 is 0 Å². The number of para-hydroxylation sites is 1. The van der Waals surface area contributed by atoms with Crippen LogP contribution in [-0.2, 0) is 6.42 Å². The van der Waals surface area contributed by atoms with Crippen LogP contribution in [0.1, 0.15) is 5.56 Å². The van der Waals surface area contributed by atoms with Gasteiger partial charge in [0.05, 0.1) is 0 Å². The van der Waals surface area contributed by atoms with Gasteiger partial charge in [-0.25, -0.2) is 5.01 Å². The first-order chi connectivity index (χ1) is 8.81. The van der Waals surface area contributed by atoms with E-state index in [1.54, 1.807) is 0 Å². The molecule has 1 N–H and O–H groups in total. The normalized spacial score (nSPS) is 24.8. The number of likely N-dealkylation sites (N-methyl/N-ethyl adjacent to an activating group) is 1. The van der Waals surface area contributed by atoms with Gasteiger partial charge in [-0.2, -0.15) is 0 Å². The zero-order valence-electron chi connectivity index (χ0n) is 10.9. The molecule has 0 saturated carbocycles. The van der Waals surface area contributed by atoms with Gasteiger partial charge >= 0.3 is 0 Å². The minimum absolute atomic E-state index is 0.280. The lowest BCUT2D eigenvalue weighted by Crippen LogP contribution is -2.52. The Labute approximate surface area is 108 Å². The molecule has 1 fully saturated rings. The lowest BCUT2D eigenvalue weighted by molar-refractivity contribution is 0.0858. The second-order valence-electron chi connectivity index (χ2n) is 5.20. The van der Waals surface area contributed by atoms with E-state index >= 15 is 0 Å². The monoisotopic (exact) mass is 247 g/mol. The molecule has 1 aromatic carbocycles. The lowest BCUT2D eigenvalue weighted by atomic mass is 10.1. The molecule has 4 heteroatoms. The maximum absolute atomic E-state index is 5.92. The average Bonchev–Trinajstić information content (AvgIpc) is 2.81. The van der Waals surface area contributed by atoms with Crippen LogP contribution in [0.4, 0.5) is 0 Å². The van der Waals surface area contributed by atoms with Crippen LogP contribution >= 0.6 is 0 Å². The molecule has 98 valence electrons. The molecule has 0 bridgehead atoms. The van der Waals surface area contributed by atoms with Gasteiger partial charge in [0.15, 0.2) is 0 Å². The highest BCUT2D eigenvalue weighted by Gasteiger charge is 2.23. The van der Waals surface area contributed by atoms with Crippen LogP contribution in [0.5, 0.6) is 5.75 Å². The van der Waals surface area contributed by atoms with Gasteiger partial charge in [0.25, 0.3) is 0 Å². The van der Waals surface area contributed by atoms with Gasteiger partial charge in [-0.05, 0) is 18.7 Å². The number of benzene rings is 1. The largest absolute Gasteiger partial charge is 0.488 e. The van der Waals surface area contributed by atoms with Crippen LogP contribution in [-0.4, -0.2) is 55.8 Å². The van der Waals surface area contributed by atoms with Crippen molar-refractivity contribution in [2.24, 2.45) is 0 Å². The van der Waals surface area contributed by atoms with Gasteiger partial charge in [0, 0.05) is 39.1 Å². The lowest BCUT2D eigenvalue weighted by Gasteiger charge is -2.33. The number of fused-ring (bicyclic) bond motifs is 1. The number of hydrogen-bond acceptors (Lipinski definition) is 4. The topological polar surface area (TPSA) is 27.7 Å². The molecule has 4 nitrogen and oxygen atoms in total. The summed E-state index contributed by atoms with van der Waals surface area (Å²) in [4.78, 5) is 2.36. The third-order valence-corrected chi connectivity index (χ3v) is 3.76. The maximum atomic E-state index is 5.92. The fourth-order valence-corrected chi connectivity index (χ4v) is 2.56. The summed E-state index contributed by atoms with van der Waals surface area (Å²) in [5.41, 5.74) is 4.84. The standard InChI is InChI=1S/C14H21N3O/c1-16-6-8-17(9-7-16)15-11-13-10-12-4-2-3-5-14(12)18-13/h2-5,13,15H,6-11H2,1H3. The molecule has 0 radical (unpaired) electrons. The van der Waals surface area contributed by atoms with Crippen molar-refractivity contribution in [3.63, 3.8) is 0 Å². The smallest absolute Gasteiger partial charge is 0.123 e. The first-order valence-electron chi connectivity index (χ1n) is 6.73. The Bertz CT molecular complexity index is 377. The highest BCUT2D eigenvalue weighted by molar-refractivity contribution is 5.37. The second-order valence-corrected chi connectivity index (χ2v) is 5.20. The summed E-state index contributed by atoms with van der Waals surface area (Å²) in [5, 5.41) is 2.31. The van der Waals surface area contributed by atoms with Gasteiger partial charge in [-0.3, -0.25) is 5.43 Å². The molecule has 0 aromatic heterocycles. The van der Waals surface area contributed by atoms with Crippen LogP contribution < -0.4 is 10.2 Å². The molecule has 2 aliphatic rings. The number of rotatable bonds is 3. The second kappa shape index (κ2) is 5.26. The molecule has 1 atom stereocenters. The highest BCUT2D eigenvalue weighted by Crippen LogP contribution is 2.27. The molecule has 1 aromatic rings. The highest BCUT2D eigenvalue weighted by atomic mass is 16.5. The number of nitrogens with zero attached hydrogens (tertiary/aromatic N) is 2. The van der Waals surface area contributed by atoms with Crippen LogP contribution in [0.15, 0.2) is 24.3 Å². The molecule has 2 heterocycles. The quantitative estimate of drug-likeness (QED) is 0.853. The van der Waals surface area contributed by atoms with Crippen molar-refractivity contribution in [2.45, 2.75) is 12.5 Å². The number of hydrogen-bond donors (Lipinski definition) is 1. The van der Waals surface area contributed by atoms with E-state index in [1.165, 1.54) is 5.56 Å². The summed E-state index contributed by atoms with van der Waals surface area (Å²) in [6.45, 7) is 5.36. The fraction of sp³-hybridized carbons (Fsp3) is 0.571. The predicted octanol–water partition coefficient (Wildman–Crippen LogP) is 0.742. The van der Waals surface area contributed by atoms with Crippen molar-refractivity contribution < 1.29 is 4.74 Å². The van der Waals surface area contributed by atoms with Crippen molar-refractivity contribution in [2.75, 3.05) is 39.8 Å². The van der Waals surface area contributed by atoms with E-state index in [1.807, 2.05) is 6.07 Å². The molecule has 18 heavy (non-hydrogen) atoms. The Balaban J connectivity index is 1.46. The Morgan fingerprint density at radius 2 is 2.00 bits per heavy atom. The Morgan fingerprint density at radius 1 is 1.22 bits per heavy atom. The average molecular weight is 247 g/mol. The summed E-state index contributed by atoms with van der Waals surface area (Å²) in [5.74, 6) is 1.06. The van der Waals surface area contributed by atoms with E-state index in [4.69, 9.17) is 4.74 Å². The van der Waals surface area contributed by atoms with E-state index in [2.05, 4.69) is 40.6 Å². The molecule has 0 aliphatic carbocycles. The van der Waals surface area contributed by atoms with E-state index in [9.17, 15) is 0 Å². The summed E-state index contributed by atoms with van der Waals surface area (Å²) in [6.07, 6.45) is 1.30. The van der Waals surface area contributed by atoms with Gasteiger partial charge in [-0.1, -0.05) is 18.2 Å². The Morgan fingerprint density at radius 3 is 2.78 bits per heavy atom. The van der Waals surface area contributed by atoms with Crippen molar-refractivity contribution in [1.82, 2.24) is 15.3 Å². The molecule has 3 rings (SSSR count). The zero-order valence-corrected chi connectivity index (χ0v) is 10.9. The van der Waals surface area contributed by atoms with Gasteiger partial charge in [0.2, 0.25) is 0 Å². The number of piperazine rings is 1. The molecule has 0 spiro atoms. The van der Waals surface area contributed by atoms with E-state index in [0.29, 0.717) is 0 Å². The van der Waals surface area contributed by atoms with Crippen molar-refractivity contribution in [3.05, 3.63) is 29.8 Å². The first-order valence-corrected chi connectivity index (χ1v) is 6.73. The molecular formula is C14H21N3O. The fourth-order valence-electron chi connectivity index (χ4n) is 2.56. The van der Waals surface area contributed by atoms with E-state index in [-0.39, 0.29) is 6.10 Å². The first kappa shape index (κ1) is 12.0. The van der Waals surface area contributed by atoms with Crippen LogP contribution in [0.3, 0.4) is 0 Å². The van der Waals surface area contributed by atoms with Gasteiger partial charge < -0.3 is 9.64 Å². The minimum Gasteiger partial charge on any atom is -0.488 e. The number of nitrogens with one attached hydrogen (secondary N) is 1. The van der Waals surface area contributed by atoms with Crippen LogP contribution in [0.25, 0.3) is 0 Å². The SMILES string of the molecule is CN1CCN(NCC2Cc3ccccc3O2)CC1. The van der Waals surface area contributed by atoms with Crippen LogP contribution in [0.2, 0.25) is 0 Å². The van der Waals surface area contributed by atoms with E-state index in [0.717, 1.165) is 44.9 Å². The number of ether oxygens (including phenoxy) is 1. The summed E-state index contributed by atoms with van der Waals surface area (Å²) in [6, 6.07) is 8.34.